The Kier molecular flexibility index (Phi) is 6.73. The van der Waals surface area contributed by atoms with Crippen molar-refractivity contribution in [1.29, 1.82) is 0 Å². The fourth-order valence-corrected chi connectivity index (χ4v) is 3.44. The number of furan rings is 1. The van der Waals surface area contributed by atoms with E-state index in [9.17, 15) is 22.4 Å². The highest BCUT2D eigenvalue weighted by atomic mass is 35.5. The van der Waals surface area contributed by atoms with Gasteiger partial charge >= 0.3 is 0 Å². The molecule has 31 heavy (non-hydrogen) atoms. The summed E-state index contributed by atoms with van der Waals surface area (Å²) >= 11 is 5.64. The molecule has 0 aliphatic rings. The molecule has 0 saturated carbocycles. The minimum absolute atomic E-state index is 0.0617. The van der Waals surface area contributed by atoms with Gasteiger partial charge in [0.2, 0.25) is 0 Å². The molecule has 0 aromatic carbocycles. The number of aryl methyl sites for hydroxylation is 2. The highest BCUT2D eigenvalue weighted by Gasteiger charge is 2.28. The minimum Gasteiger partial charge on any atom is -0.454 e. The summed E-state index contributed by atoms with van der Waals surface area (Å²) in [5.74, 6) is -0.508. The molecule has 7 nitrogen and oxygen atoms in total. The first kappa shape index (κ1) is 22.9. The third-order valence-electron chi connectivity index (χ3n) is 4.68. The van der Waals surface area contributed by atoms with Crippen molar-refractivity contribution in [2.45, 2.75) is 52.8 Å². The Bertz CT molecular complexity index is 1080. The van der Waals surface area contributed by atoms with Crippen molar-refractivity contribution in [3.63, 3.8) is 0 Å². The molecule has 0 aliphatic carbocycles. The fourth-order valence-electron chi connectivity index (χ4n) is 3.14. The van der Waals surface area contributed by atoms with E-state index < -0.39 is 41.7 Å². The van der Waals surface area contributed by atoms with Crippen LogP contribution in [-0.2, 0) is 13.1 Å². The number of amides is 1. The zero-order valence-electron chi connectivity index (χ0n) is 16.9. The van der Waals surface area contributed by atoms with Gasteiger partial charge in [-0.1, -0.05) is 11.6 Å². The Morgan fingerprint density at radius 3 is 2.52 bits per heavy atom. The van der Waals surface area contributed by atoms with E-state index in [2.05, 4.69) is 15.5 Å². The van der Waals surface area contributed by atoms with E-state index in [-0.39, 0.29) is 17.6 Å². The molecule has 0 spiro atoms. The van der Waals surface area contributed by atoms with Gasteiger partial charge in [-0.25, -0.2) is 17.6 Å². The third-order valence-corrected chi connectivity index (χ3v) is 5.07. The molecule has 0 radical (unpaired) electrons. The number of alkyl halides is 4. The van der Waals surface area contributed by atoms with Crippen molar-refractivity contribution in [1.82, 2.24) is 24.9 Å². The standard InChI is InChI=1S/C19H20ClF4N5O2/c1-4-28-8-12(10(3)26-28)9(2)25-19(30)13-6-5-11(31-13)7-29-16(18(23)24)14(20)15(27-29)17(21)22/h5-6,8-9,17-18H,4,7H2,1-3H3,(H,25,30). The number of carbonyl (C=O) groups excluding carboxylic acids is 1. The molecular weight excluding hydrogens is 442 g/mol. The first-order chi connectivity index (χ1) is 14.6. The molecule has 3 aromatic rings. The number of carbonyl (C=O) groups is 1. The Balaban J connectivity index is 1.75. The summed E-state index contributed by atoms with van der Waals surface area (Å²) in [5.41, 5.74) is -0.149. The monoisotopic (exact) mass is 461 g/mol. The van der Waals surface area contributed by atoms with Gasteiger partial charge in [0.25, 0.3) is 18.8 Å². The molecule has 1 unspecified atom stereocenters. The van der Waals surface area contributed by atoms with E-state index in [4.69, 9.17) is 16.0 Å². The van der Waals surface area contributed by atoms with Crippen LogP contribution in [0.2, 0.25) is 5.02 Å². The summed E-state index contributed by atoms with van der Waals surface area (Å²) in [6, 6.07) is 2.39. The first-order valence-electron chi connectivity index (χ1n) is 9.38. The molecular formula is C19H20ClF4N5O2. The second-order valence-corrected chi connectivity index (χ2v) is 7.21. The Hall–Kier alpha value is -2.82. The van der Waals surface area contributed by atoms with Crippen LogP contribution in [0.25, 0.3) is 0 Å². The van der Waals surface area contributed by atoms with Gasteiger partial charge in [-0.15, -0.1) is 0 Å². The number of rotatable bonds is 8. The maximum Gasteiger partial charge on any atom is 0.287 e. The van der Waals surface area contributed by atoms with Crippen molar-refractivity contribution in [2.75, 3.05) is 0 Å². The Labute approximate surface area is 180 Å². The zero-order valence-corrected chi connectivity index (χ0v) is 17.6. The average molecular weight is 462 g/mol. The zero-order chi connectivity index (χ0) is 22.9. The summed E-state index contributed by atoms with van der Waals surface area (Å²) in [7, 11) is 0. The lowest BCUT2D eigenvalue weighted by Gasteiger charge is -2.12. The molecule has 3 rings (SSSR count). The molecule has 0 saturated heterocycles. The van der Waals surface area contributed by atoms with Crippen molar-refractivity contribution < 1.29 is 26.8 Å². The van der Waals surface area contributed by atoms with Gasteiger partial charge in [-0.05, 0) is 32.9 Å². The second kappa shape index (κ2) is 9.13. The van der Waals surface area contributed by atoms with E-state index >= 15 is 0 Å². The first-order valence-corrected chi connectivity index (χ1v) is 9.76. The van der Waals surface area contributed by atoms with Crippen LogP contribution in [0.5, 0.6) is 0 Å². The van der Waals surface area contributed by atoms with Gasteiger partial charge in [-0.2, -0.15) is 10.2 Å². The predicted octanol–water partition coefficient (Wildman–Crippen LogP) is 5.07. The maximum absolute atomic E-state index is 13.3. The molecule has 3 heterocycles. The number of hydrogen-bond donors (Lipinski definition) is 1. The third kappa shape index (κ3) is 4.76. The normalized spacial score (nSPS) is 12.7. The van der Waals surface area contributed by atoms with Crippen molar-refractivity contribution in [2.24, 2.45) is 0 Å². The number of aromatic nitrogens is 4. The highest BCUT2D eigenvalue weighted by molar-refractivity contribution is 6.32. The Morgan fingerprint density at radius 1 is 1.23 bits per heavy atom. The van der Waals surface area contributed by atoms with Gasteiger partial charge < -0.3 is 9.73 Å². The molecule has 1 amide bonds. The van der Waals surface area contributed by atoms with Gasteiger partial charge in [0.05, 0.1) is 23.3 Å². The molecule has 0 aliphatic heterocycles. The quantitative estimate of drug-likeness (QED) is 0.475. The highest BCUT2D eigenvalue weighted by Crippen LogP contribution is 2.35. The number of halogens is 5. The van der Waals surface area contributed by atoms with E-state index in [1.165, 1.54) is 12.1 Å². The lowest BCUT2D eigenvalue weighted by atomic mass is 10.1. The van der Waals surface area contributed by atoms with Gasteiger partial charge in [0.15, 0.2) is 5.76 Å². The summed E-state index contributed by atoms with van der Waals surface area (Å²) in [6.45, 7) is 5.86. The molecule has 0 bridgehead atoms. The van der Waals surface area contributed by atoms with Crippen LogP contribution < -0.4 is 5.32 Å². The molecule has 1 atom stereocenters. The van der Waals surface area contributed by atoms with Crippen LogP contribution in [-0.4, -0.2) is 25.5 Å². The summed E-state index contributed by atoms with van der Waals surface area (Å²) in [6.07, 6.45) is -4.38. The molecule has 1 N–H and O–H groups in total. The van der Waals surface area contributed by atoms with Gasteiger partial charge in [0.1, 0.15) is 17.1 Å². The van der Waals surface area contributed by atoms with Crippen LogP contribution in [0, 0.1) is 6.92 Å². The van der Waals surface area contributed by atoms with Crippen LogP contribution in [0.3, 0.4) is 0 Å². The summed E-state index contributed by atoms with van der Waals surface area (Å²) in [5, 5.41) is 9.80. The average Bonchev–Trinajstić information content (AvgIpc) is 3.39. The Morgan fingerprint density at radius 2 is 1.94 bits per heavy atom. The molecule has 168 valence electrons. The number of nitrogens with one attached hydrogen (secondary N) is 1. The van der Waals surface area contributed by atoms with E-state index in [1.807, 2.05) is 20.0 Å². The molecule has 0 fully saturated rings. The number of hydrogen-bond acceptors (Lipinski definition) is 4. The van der Waals surface area contributed by atoms with E-state index in [1.54, 1.807) is 11.6 Å². The topological polar surface area (TPSA) is 77.9 Å². The van der Waals surface area contributed by atoms with Gasteiger partial charge in [0, 0.05) is 18.3 Å². The predicted molar refractivity (Wildman–Crippen MR) is 103 cm³/mol. The summed E-state index contributed by atoms with van der Waals surface area (Å²) < 4.78 is 60.3. The number of nitrogens with zero attached hydrogens (tertiary/aromatic N) is 4. The largest absolute Gasteiger partial charge is 0.454 e. The minimum atomic E-state index is -3.11. The van der Waals surface area contributed by atoms with E-state index in [0.29, 0.717) is 11.2 Å². The smallest absolute Gasteiger partial charge is 0.287 e. The van der Waals surface area contributed by atoms with Crippen molar-refractivity contribution in [3.05, 3.63) is 57.5 Å². The van der Waals surface area contributed by atoms with E-state index in [0.717, 1.165) is 11.3 Å². The molecule has 3 aromatic heterocycles. The van der Waals surface area contributed by atoms with Gasteiger partial charge in [-0.3, -0.25) is 14.2 Å². The lowest BCUT2D eigenvalue weighted by Crippen LogP contribution is -2.26. The lowest BCUT2D eigenvalue weighted by molar-refractivity contribution is 0.0909. The van der Waals surface area contributed by atoms with Crippen LogP contribution in [0.1, 0.15) is 71.7 Å². The van der Waals surface area contributed by atoms with Crippen molar-refractivity contribution in [3.8, 4) is 0 Å². The van der Waals surface area contributed by atoms with Crippen LogP contribution >= 0.6 is 11.6 Å². The second-order valence-electron chi connectivity index (χ2n) is 6.83. The molecule has 12 heteroatoms. The van der Waals surface area contributed by atoms with Crippen LogP contribution in [0.4, 0.5) is 17.6 Å². The SMILES string of the molecule is CCn1cc(C(C)NC(=O)c2ccc(Cn3nc(C(F)F)c(Cl)c3C(F)F)o2)c(C)n1. The summed E-state index contributed by atoms with van der Waals surface area (Å²) in [4.78, 5) is 12.5. The fraction of sp³-hybridized carbons (Fsp3) is 0.421. The van der Waals surface area contributed by atoms with Crippen molar-refractivity contribution >= 4 is 17.5 Å². The van der Waals surface area contributed by atoms with Crippen LogP contribution in [0.15, 0.2) is 22.7 Å². The maximum atomic E-state index is 13.3.